The number of aromatic nitrogens is 2. The summed E-state index contributed by atoms with van der Waals surface area (Å²) < 4.78 is 0. The Kier molecular flexibility index (Phi) is 2.29. The van der Waals surface area contributed by atoms with Crippen LogP contribution in [-0.2, 0) is 10.4 Å². The first-order valence-corrected chi connectivity index (χ1v) is 4.71. The molecule has 1 saturated carbocycles. The molecule has 0 radical (unpaired) electrons. The molecule has 0 atom stereocenters. The van der Waals surface area contributed by atoms with Crippen LogP contribution in [0.25, 0.3) is 0 Å². The van der Waals surface area contributed by atoms with Crippen LogP contribution in [0, 0.1) is 0 Å². The summed E-state index contributed by atoms with van der Waals surface area (Å²) in [6, 6.07) is 1.70. The van der Waals surface area contributed by atoms with E-state index in [0.717, 1.165) is 0 Å². The van der Waals surface area contributed by atoms with Crippen molar-refractivity contribution in [2.45, 2.75) is 31.3 Å². The van der Waals surface area contributed by atoms with E-state index in [4.69, 9.17) is 0 Å². The van der Waals surface area contributed by atoms with E-state index in [1.807, 2.05) is 0 Å². The van der Waals surface area contributed by atoms with Crippen molar-refractivity contribution < 1.29 is 9.90 Å². The number of carbonyl (C=O) groups excluding carboxylic acids is 1. The van der Waals surface area contributed by atoms with Gasteiger partial charge in [0.1, 0.15) is 17.7 Å². The summed E-state index contributed by atoms with van der Waals surface area (Å²) in [6.45, 7) is 0. The second-order valence-corrected chi connectivity index (χ2v) is 3.66. The maximum absolute atomic E-state index is 11.0. The molecule has 1 fully saturated rings. The van der Waals surface area contributed by atoms with Crippen LogP contribution < -0.4 is 0 Å². The number of aliphatic hydroxyl groups is 1. The van der Waals surface area contributed by atoms with Crippen molar-refractivity contribution >= 4 is 5.78 Å². The Hall–Kier alpha value is -1.29. The van der Waals surface area contributed by atoms with Gasteiger partial charge in [0.25, 0.3) is 0 Å². The molecule has 0 spiro atoms. The van der Waals surface area contributed by atoms with E-state index >= 15 is 0 Å². The van der Waals surface area contributed by atoms with Crippen LogP contribution in [-0.4, -0.2) is 20.9 Å². The Balaban J connectivity index is 2.21. The Labute approximate surface area is 82.0 Å². The van der Waals surface area contributed by atoms with Gasteiger partial charge in [0, 0.05) is 19.0 Å². The zero-order chi connectivity index (χ0) is 10.0. The molecular formula is C10H12N2O2. The molecule has 0 bridgehead atoms. The van der Waals surface area contributed by atoms with Gasteiger partial charge in [0.05, 0.1) is 5.69 Å². The first-order valence-electron chi connectivity index (χ1n) is 4.71. The van der Waals surface area contributed by atoms with Crippen LogP contribution in [0.1, 0.15) is 31.4 Å². The summed E-state index contributed by atoms with van der Waals surface area (Å²) in [5, 5.41) is 10.2. The van der Waals surface area contributed by atoms with Gasteiger partial charge in [-0.1, -0.05) is 0 Å². The minimum atomic E-state index is -0.920. The SMILES string of the molecule is O=C1CCC(O)(c2ccncn2)CC1. The van der Waals surface area contributed by atoms with Crippen molar-refractivity contribution in [1.29, 1.82) is 0 Å². The highest BCUT2D eigenvalue weighted by Gasteiger charge is 2.35. The fourth-order valence-electron chi connectivity index (χ4n) is 1.76. The monoisotopic (exact) mass is 192 g/mol. The predicted octanol–water partition coefficient (Wildman–Crippen LogP) is 0.807. The lowest BCUT2D eigenvalue weighted by Crippen LogP contribution is -2.32. The fraction of sp³-hybridized carbons (Fsp3) is 0.500. The van der Waals surface area contributed by atoms with E-state index in [-0.39, 0.29) is 5.78 Å². The van der Waals surface area contributed by atoms with Gasteiger partial charge in [-0.15, -0.1) is 0 Å². The van der Waals surface area contributed by atoms with Crippen molar-refractivity contribution in [2.75, 3.05) is 0 Å². The molecule has 4 nitrogen and oxygen atoms in total. The average molecular weight is 192 g/mol. The largest absolute Gasteiger partial charge is 0.384 e. The second-order valence-electron chi connectivity index (χ2n) is 3.66. The zero-order valence-corrected chi connectivity index (χ0v) is 7.81. The summed E-state index contributed by atoms with van der Waals surface area (Å²) in [5.41, 5.74) is -0.295. The normalized spacial score (nSPS) is 20.8. The first kappa shape index (κ1) is 9.27. The second kappa shape index (κ2) is 3.46. The lowest BCUT2D eigenvalue weighted by Gasteiger charge is -2.30. The van der Waals surface area contributed by atoms with Gasteiger partial charge < -0.3 is 5.11 Å². The summed E-state index contributed by atoms with van der Waals surface area (Å²) in [6.07, 6.45) is 4.87. The number of ketones is 1. The van der Waals surface area contributed by atoms with Crippen molar-refractivity contribution in [3.05, 3.63) is 24.3 Å². The smallest absolute Gasteiger partial charge is 0.133 e. The predicted molar refractivity (Wildman–Crippen MR) is 49.4 cm³/mol. The average Bonchev–Trinajstić information content (AvgIpc) is 2.24. The Morgan fingerprint density at radius 1 is 1.36 bits per heavy atom. The Morgan fingerprint density at radius 3 is 2.64 bits per heavy atom. The van der Waals surface area contributed by atoms with Crippen molar-refractivity contribution in [3.8, 4) is 0 Å². The number of hydrogen-bond donors (Lipinski definition) is 1. The molecule has 0 saturated heterocycles. The van der Waals surface area contributed by atoms with E-state index in [1.165, 1.54) is 6.33 Å². The molecule has 2 rings (SSSR count). The highest BCUT2D eigenvalue weighted by molar-refractivity contribution is 5.79. The van der Waals surface area contributed by atoms with Gasteiger partial charge in [0.15, 0.2) is 0 Å². The van der Waals surface area contributed by atoms with Gasteiger partial charge >= 0.3 is 0 Å². The highest BCUT2D eigenvalue weighted by atomic mass is 16.3. The molecule has 4 heteroatoms. The highest BCUT2D eigenvalue weighted by Crippen LogP contribution is 2.33. The lowest BCUT2D eigenvalue weighted by atomic mass is 9.82. The van der Waals surface area contributed by atoms with Crippen LogP contribution in [0.2, 0.25) is 0 Å². The molecule has 0 aliphatic heterocycles. The van der Waals surface area contributed by atoms with Crippen LogP contribution in [0.15, 0.2) is 18.6 Å². The van der Waals surface area contributed by atoms with Gasteiger partial charge in [-0.05, 0) is 18.9 Å². The molecule has 1 aromatic heterocycles. The van der Waals surface area contributed by atoms with Crippen molar-refractivity contribution in [2.24, 2.45) is 0 Å². The number of Topliss-reactive ketones (excluding diaryl/α,β-unsaturated/α-hetero) is 1. The van der Waals surface area contributed by atoms with Crippen LogP contribution >= 0.6 is 0 Å². The maximum Gasteiger partial charge on any atom is 0.133 e. The molecular weight excluding hydrogens is 180 g/mol. The quantitative estimate of drug-likeness (QED) is 0.715. The minimum absolute atomic E-state index is 0.226. The topological polar surface area (TPSA) is 63.1 Å². The molecule has 0 unspecified atom stereocenters. The lowest BCUT2D eigenvalue weighted by molar-refractivity contribution is -0.125. The first-order chi connectivity index (χ1) is 6.71. The Bertz CT molecular complexity index is 327. The molecule has 1 aliphatic carbocycles. The van der Waals surface area contributed by atoms with Gasteiger partial charge in [-0.25, -0.2) is 9.97 Å². The minimum Gasteiger partial charge on any atom is -0.384 e. The van der Waals surface area contributed by atoms with Gasteiger partial charge in [-0.2, -0.15) is 0 Å². The summed E-state index contributed by atoms with van der Waals surface area (Å²) in [7, 11) is 0. The van der Waals surface area contributed by atoms with Crippen molar-refractivity contribution in [1.82, 2.24) is 9.97 Å². The zero-order valence-electron chi connectivity index (χ0n) is 7.81. The van der Waals surface area contributed by atoms with E-state index in [0.29, 0.717) is 31.4 Å². The van der Waals surface area contributed by atoms with Gasteiger partial charge in [0.2, 0.25) is 0 Å². The third-order valence-corrected chi connectivity index (χ3v) is 2.69. The summed E-state index contributed by atoms with van der Waals surface area (Å²) in [5.74, 6) is 0.226. The number of carbonyl (C=O) groups is 1. The molecule has 1 heterocycles. The molecule has 1 aromatic rings. The third-order valence-electron chi connectivity index (χ3n) is 2.69. The van der Waals surface area contributed by atoms with Crippen molar-refractivity contribution in [3.63, 3.8) is 0 Å². The number of rotatable bonds is 1. The van der Waals surface area contributed by atoms with E-state index in [2.05, 4.69) is 9.97 Å². The maximum atomic E-state index is 11.0. The van der Waals surface area contributed by atoms with Crippen LogP contribution in [0.3, 0.4) is 0 Å². The molecule has 0 aromatic carbocycles. The van der Waals surface area contributed by atoms with Gasteiger partial charge in [-0.3, -0.25) is 4.79 Å². The number of hydrogen-bond acceptors (Lipinski definition) is 4. The summed E-state index contributed by atoms with van der Waals surface area (Å²) >= 11 is 0. The molecule has 0 amide bonds. The molecule has 14 heavy (non-hydrogen) atoms. The van der Waals surface area contributed by atoms with Crippen LogP contribution in [0.4, 0.5) is 0 Å². The number of nitrogens with zero attached hydrogens (tertiary/aromatic N) is 2. The van der Waals surface area contributed by atoms with E-state index in [1.54, 1.807) is 12.3 Å². The molecule has 1 aliphatic rings. The third kappa shape index (κ3) is 1.65. The molecule has 74 valence electrons. The van der Waals surface area contributed by atoms with E-state index in [9.17, 15) is 9.90 Å². The standard InChI is InChI=1S/C10H12N2O2/c13-8-1-4-10(14,5-2-8)9-3-6-11-7-12-9/h3,6-7,14H,1-2,4-5H2. The summed E-state index contributed by atoms with van der Waals surface area (Å²) in [4.78, 5) is 18.9. The molecule has 1 N–H and O–H groups in total. The van der Waals surface area contributed by atoms with E-state index < -0.39 is 5.60 Å². The fourth-order valence-corrected chi connectivity index (χ4v) is 1.76. The Morgan fingerprint density at radius 2 is 2.07 bits per heavy atom. The van der Waals surface area contributed by atoms with Crippen LogP contribution in [0.5, 0.6) is 0 Å².